The van der Waals surface area contributed by atoms with Crippen molar-refractivity contribution in [2.45, 2.75) is 63.5 Å². The number of nitrogens with one attached hydrogen (secondary N) is 1. The molecule has 2 aliphatic rings. The maximum absolute atomic E-state index is 12.2. The molecule has 2 heterocycles. The Kier molecular flexibility index (Phi) is 5.50. The molecule has 24 heavy (non-hydrogen) atoms. The van der Waals surface area contributed by atoms with Crippen LogP contribution < -0.4 is 11.2 Å². The van der Waals surface area contributed by atoms with Crippen LogP contribution in [-0.2, 0) is 4.74 Å². The number of H-pyrrole nitrogens is 1. The van der Waals surface area contributed by atoms with Crippen LogP contribution in [0.2, 0.25) is 0 Å². The highest BCUT2D eigenvalue weighted by atomic mass is 16.5. The zero-order valence-corrected chi connectivity index (χ0v) is 13.9. The largest absolute Gasteiger partial charge is 0.494 e. The average Bonchev–Trinajstić information content (AvgIpc) is 2.92. The Morgan fingerprint density at radius 1 is 1.17 bits per heavy atom. The molecule has 0 aromatic carbocycles. The lowest BCUT2D eigenvalue weighted by Gasteiger charge is -2.19. The van der Waals surface area contributed by atoms with E-state index >= 15 is 0 Å². The van der Waals surface area contributed by atoms with Crippen molar-refractivity contribution in [2.24, 2.45) is 4.99 Å². The molecule has 3 rings (SSSR count). The van der Waals surface area contributed by atoms with Crippen LogP contribution in [-0.4, -0.2) is 40.1 Å². The van der Waals surface area contributed by atoms with Gasteiger partial charge in [-0.2, -0.15) is 0 Å². The highest BCUT2D eigenvalue weighted by Gasteiger charge is 2.21. The molecular weight excluding hydrogens is 310 g/mol. The van der Waals surface area contributed by atoms with E-state index in [9.17, 15) is 14.7 Å². The summed E-state index contributed by atoms with van der Waals surface area (Å²) in [5.41, 5.74) is -1.09. The van der Waals surface area contributed by atoms with Crippen LogP contribution in [0.5, 0.6) is 5.88 Å². The first-order valence-electron chi connectivity index (χ1n) is 8.86. The second kappa shape index (κ2) is 7.79. The van der Waals surface area contributed by atoms with E-state index in [1.807, 2.05) is 0 Å². The molecule has 1 aromatic rings. The van der Waals surface area contributed by atoms with Crippen LogP contribution in [0.15, 0.2) is 14.6 Å². The number of hydrogen-bond acceptors (Lipinski definition) is 5. The lowest BCUT2D eigenvalue weighted by atomic mass is 10.1. The third-order valence-corrected chi connectivity index (χ3v) is 4.90. The van der Waals surface area contributed by atoms with E-state index in [-0.39, 0.29) is 23.6 Å². The predicted octanol–water partition coefficient (Wildman–Crippen LogP) is 1.74. The minimum absolute atomic E-state index is 0.0526. The van der Waals surface area contributed by atoms with Gasteiger partial charge in [0.2, 0.25) is 5.88 Å². The van der Waals surface area contributed by atoms with Gasteiger partial charge in [0, 0.05) is 18.9 Å². The van der Waals surface area contributed by atoms with E-state index in [1.54, 1.807) is 0 Å². The van der Waals surface area contributed by atoms with Crippen molar-refractivity contribution < 1.29 is 9.84 Å². The summed E-state index contributed by atoms with van der Waals surface area (Å²) in [6, 6.07) is -0.0674. The van der Waals surface area contributed by atoms with Crippen LogP contribution in [0.25, 0.3) is 0 Å². The molecule has 0 radical (unpaired) electrons. The van der Waals surface area contributed by atoms with Gasteiger partial charge in [0.05, 0.1) is 12.6 Å². The van der Waals surface area contributed by atoms with Gasteiger partial charge in [0.1, 0.15) is 5.56 Å². The predicted molar refractivity (Wildman–Crippen MR) is 91.2 cm³/mol. The number of aromatic hydroxyl groups is 1. The number of aromatic nitrogens is 2. The van der Waals surface area contributed by atoms with Crippen molar-refractivity contribution in [1.82, 2.24) is 9.55 Å². The van der Waals surface area contributed by atoms with Gasteiger partial charge in [-0.15, -0.1) is 0 Å². The smallest absolute Gasteiger partial charge is 0.331 e. The standard InChI is InChI=1S/C17H25N3O4/c21-15-14(11-18-10-13-8-5-9-24-13)16(22)20(17(23)19-15)12-6-3-1-2-4-7-12/h11-13,22H,1-10H2,(H,19,21,23)/t13-/m0/s1. The first kappa shape index (κ1) is 17.0. The van der Waals surface area contributed by atoms with E-state index < -0.39 is 11.2 Å². The molecule has 132 valence electrons. The molecule has 1 saturated carbocycles. The molecule has 7 heteroatoms. The summed E-state index contributed by atoms with van der Waals surface area (Å²) in [5, 5.41) is 10.5. The monoisotopic (exact) mass is 335 g/mol. The van der Waals surface area contributed by atoms with Gasteiger partial charge >= 0.3 is 5.69 Å². The van der Waals surface area contributed by atoms with Gasteiger partial charge < -0.3 is 9.84 Å². The summed E-state index contributed by atoms with van der Waals surface area (Å²) < 4.78 is 6.82. The minimum Gasteiger partial charge on any atom is -0.494 e. The lowest BCUT2D eigenvalue weighted by molar-refractivity contribution is 0.118. The fourth-order valence-corrected chi connectivity index (χ4v) is 3.57. The molecular formula is C17H25N3O4. The Balaban J connectivity index is 1.85. The molecule has 1 atom stereocenters. The van der Waals surface area contributed by atoms with Gasteiger partial charge in [-0.1, -0.05) is 25.7 Å². The lowest BCUT2D eigenvalue weighted by Crippen LogP contribution is -2.34. The summed E-state index contributed by atoms with van der Waals surface area (Å²) in [5.74, 6) is -0.272. The number of ether oxygens (including phenoxy) is 1. The van der Waals surface area contributed by atoms with Crippen molar-refractivity contribution in [3.05, 3.63) is 26.4 Å². The van der Waals surface area contributed by atoms with E-state index in [0.717, 1.165) is 58.0 Å². The highest BCUT2D eigenvalue weighted by molar-refractivity contribution is 5.81. The Hall–Kier alpha value is -1.89. The highest BCUT2D eigenvalue weighted by Crippen LogP contribution is 2.28. The molecule has 1 aliphatic carbocycles. The third-order valence-electron chi connectivity index (χ3n) is 4.90. The van der Waals surface area contributed by atoms with E-state index in [1.165, 1.54) is 10.8 Å². The van der Waals surface area contributed by atoms with Gasteiger partial charge in [0.25, 0.3) is 5.56 Å². The van der Waals surface area contributed by atoms with Crippen LogP contribution in [0.3, 0.4) is 0 Å². The Morgan fingerprint density at radius 2 is 1.92 bits per heavy atom. The fourth-order valence-electron chi connectivity index (χ4n) is 3.57. The summed E-state index contributed by atoms with van der Waals surface area (Å²) in [6.07, 6.45) is 9.45. The van der Waals surface area contributed by atoms with E-state index in [4.69, 9.17) is 4.74 Å². The van der Waals surface area contributed by atoms with Gasteiger partial charge in [-0.05, 0) is 25.7 Å². The topological polar surface area (TPSA) is 96.7 Å². The molecule has 2 fully saturated rings. The molecule has 0 spiro atoms. The van der Waals surface area contributed by atoms with Crippen LogP contribution >= 0.6 is 0 Å². The van der Waals surface area contributed by atoms with Crippen molar-refractivity contribution in [3.8, 4) is 5.88 Å². The maximum atomic E-state index is 12.2. The molecule has 0 bridgehead atoms. The Morgan fingerprint density at radius 3 is 2.58 bits per heavy atom. The van der Waals surface area contributed by atoms with Crippen molar-refractivity contribution >= 4 is 6.21 Å². The molecule has 2 N–H and O–H groups in total. The molecule has 0 amide bonds. The second-order valence-electron chi connectivity index (χ2n) is 6.64. The minimum atomic E-state index is -0.599. The normalized spacial score (nSPS) is 22.9. The number of aromatic amines is 1. The summed E-state index contributed by atoms with van der Waals surface area (Å²) in [6.45, 7) is 1.21. The summed E-state index contributed by atoms with van der Waals surface area (Å²) in [7, 11) is 0. The Bertz CT molecular complexity index is 693. The van der Waals surface area contributed by atoms with Gasteiger partial charge in [0.15, 0.2) is 0 Å². The van der Waals surface area contributed by atoms with Crippen LogP contribution in [0, 0.1) is 0 Å². The van der Waals surface area contributed by atoms with Gasteiger partial charge in [-0.25, -0.2) is 4.79 Å². The molecule has 1 aliphatic heterocycles. The molecule has 1 aromatic heterocycles. The zero-order valence-electron chi connectivity index (χ0n) is 13.9. The molecule has 0 unspecified atom stereocenters. The van der Waals surface area contributed by atoms with Gasteiger partial charge in [-0.3, -0.25) is 19.3 Å². The second-order valence-corrected chi connectivity index (χ2v) is 6.64. The van der Waals surface area contributed by atoms with Crippen LogP contribution in [0.1, 0.15) is 63.0 Å². The molecule has 7 nitrogen and oxygen atoms in total. The number of hydrogen-bond donors (Lipinski definition) is 2. The third kappa shape index (κ3) is 3.77. The molecule has 1 saturated heterocycles. The maximum Gasteiger partial charge on any atom is 0.331 e. The van der Waals surface area contributed by atoms with Crippen molar-refractivity contribution in [2.75, 3.05) is 13.2 Å². The first-order valence-corrected chi connectivity index (χ1v) is 8.86. The van der Waals surface area contributed by atoms with Crippen molar-refractivity contribution in [1.29, 1.82) is 0 Å². The van der Waals surface area contributed by atoms with Crippen molar-refractivity contribution in [3.63, 3.8) is 0 Å². The number of rotatable bonds is 4. The zero-order chi connectivity index (χ0) is 16.9. The SMILES string of the molecule is O=c1[nH]c(=O)n(C2CCCCCC2)c(O)c1C=NC[C@@H]1CCCO1. The summed E-state index contributed by atoms with van der Waals surface area (Å²) >= 11 is 0. The first-order chi connectivity index (χ1) is 11.7. The number of aliphatic imine (C=N–C) groups is 1. The van der Waals surface area contributed by atoms with E-state index in [0.29, 0.717) is 6.54 Å². The van der Waals surface area contributed by atoms with Crippen LogP contribution in [0.4, 0.5) is 0 Å². The average molecular weight is 335 g/mol. The number of nitrogens with zero attached hydrogens (tertiary/aromatic N) is 2. The quantitative estimate of drug-likeness (QED) is 0.647. The summed E-state index contributed by atoms with van der Waals surface area (Å²) in [4.78, 5) is 30.8. The fraction of sp³-hybridized carbons (Fsp3) is 0.706. The van der Waals surface area contributed by atoms with E-state index in [2.05, 4.69) is 9.98 Å². The Labute approximate surface area is 140 Å².